The van der Waals surface area contributed by atoms with E-state index in [0.29, 0.717) is 18.3 Å². The van der Waals surface area contributed by atoms with Crippen LogP contribution in [0.1, 0.15) is 30.9 Å². The van der Waals surface area contributed by atoms with E-state index in [4.69, 9.17) is 14.0 Å². The number of hydrogen-bond acceptors (Lipinski definition) is 8. The Morgan fingerprint density at radius 3 is 2.64 bits per heavy atom. The van der Waals surface area contributed by atoms with Crippen molar-refractivity contribution in [2.45, 2.75) is 42.8 Å². The molecule has 3 heterocycles. The standard InChI is InChI=1S/C24H25N5O3S/c1-16(23-25-21(28-32-23)17-7-4-3-5-8-17)33-24-27-26-22(18-10-12-19(30-2)13-11-18)29(24)15-20-9-6-14-31-20/h3-5,7-8,10-13,16,20H,6,9,14-15H2,1-2H3. The van der Waals surface area contributed by atoms with Gasteiger partial charge in [0.25, 0.3) is 0 Å². The lowest BCUT2D eigenvalue weighted by atomic mass is 10.2. The van der Waals surface area contributed by atoms with Gasteiger partial charge in [0, 0.05) is 17.7 Å². The molecule has 2 atom stereocenters. The third-order valence-corrected chi connectivity index (χ3v) is 6.65. The molecule has 170 valence electrons. The topological polar surface area (TPSA) is 88.1 Å². The molecule has 0 spiro atoms. The van der Waals surface area contributed by atoms with Crippen molar-refractivity contribution in [2.24, 2.45) is 0 Å². The molecule has 2 aromatic carbocycles. The van der Waals surface area contributed by atoms with Gasteiger partial charge in [-0.15, -0.1) is 10.2 Å². The highest BCUT2D eigenvalue weighted by atomic mass is 32.2. The summed E-state index contributed by atoms with van der Waals surface area (Å²) in [4.78, 5) is 4.60. The van der Waals surface area contributed by atoms with Crippen LogP contribution in [0.2, 0.25) is 0 Å². The Kier molecular flexibility index (Phi) is 6.41. The lowest BCUT2D eigenvalue weighted by Crippen LogP contribution is -2.16. The van der Waals surface area contributed by atoms with Crippen LogP contribution < -0.4 is 4.74 Å². The number of benzene rings is 2. The van der Waals surface area contributed by atoms with Crippen LogP contribution in [0.5, 0.6) is 5.75 Å². The summed E-state index contributed by atoms with van der Waals surface area (Å²) >= 11 is 1.55. The summed E-state index contributed by atoms with van der Waals surface area (Å²) in [6, 6.07) is 17.7. The fourth-order valence-electron chi connectivity index (χ4n) is 3.80. The summed E-state index contributed by atoms with van der Waals surface area (Å²) < 4.78 is 18.9. The first-order valence-electron chi connectivity index (χ1n) is 11.0. The Morgan fingerprint density at radius 1 is 1.09 bits per heavy atom. The molecule has 1 aliphatic rings. The molecule has 9 heteroatoms. The Morgan fingerprint density at radius 2 is 1.91 bits per heavy atom. The number of ether oxygens (including phenoxy) is 2. The van der Waals surface area contributed by atoms with E-state index in [1.165, 1.54) is 0 Å². The number of aromatic nitrogens is 5. The van der Waals surface area contributed by atoms with E-state index in [0.717, 1.165) is 47.3 Å². The zero-order valence-electron chi connectivity index (χ0n) is 18.5. The molecule has 0 saturated carbocycles. The predicted octanol–water partition coefficient (Wildman–Crippen LogP) is 5.04. The minimum atomic E-state index is -0.0915. The maximum absolute atomic E-state index is 5.90. The van der Waals surface area contributed by atoms with E-state index in [9.17, 15) is 0 Å². The third kappa shape index (κ3) is 4.79. The average molecular weight is 464 g/mol. The smallest absolute Gasteiger partial charge is 0.240 e. The first-order chi connectivity index (χ1) is 16.2. The molecule has 33 heavy (non-hydrogen) atoms. The molecule has 1 saturated heterocycles. The first-order valence-corrected chi connectivity index (χ1v) is 11.8. The first kappa shape index (κ1) is 21.7. The molecule has 8 nitrogen and oxygen atoms in total. The van der Waals surface area contributed by atoms with Crippen LogP contribution in [0, 0.1) is 0 Å². The number of nitrogens with zero attached hydrogens (tertiary/aromatic N) is 5. The molecule has 2 aromatic heterocycles. The van der Waals surface area contributed by atoms with Gasteiger partial charge in [-0.25, -0.2) is 0 Å². The van der Waals surface area contributed by atoms with Crippen LogP contribution in [0.15, 0.2) is 64.3 Å². The zero-order valence-corrected chi connectivity index (χ0v) is 19.4. The summed E-state index contributed by atoms with van der Waals surface area (Å²) in [5, 5.41) is 13.9. The van der Waals surface area contributed by atoms with E-state index in [2.05, 4.69) is 24.9 Å². The number of thioether (sulfide) groups is 1. The van der Waals surface area contributed by atoms with E-state index in [-0.39, 0.29) is 11.4 Å². The van der Waals surface area contributed by atoms with Crippen molar-refractivity contribution < 1.29 is 14.0 Å². The van der Waals surface area contributed by atoms with Crippen LogP contribution in [0.4, 0.5) is 0 Å². The minimum absolute atomic E-state index is 0.0915. The highest BCUT2D eigenvalue weighted by molar-refractivity contribution is 7.99. The molecule has 0 amide bonds. The van der Waals surface area contributed by atoms with E-state index < -0.39 is 0 Å². The van der Waals surface area contributed by atoms with Gasteiger partial charge in [0.1, 0.15) is 5.75 Å². The number of rotatable bonds is 8. The average Bonchev–Trinajstić information content (AvgIpc) is 3.62. The van der Waals surface area contributed by atoms with Crippen molar-refractivity contribution in [1.29, 1.82) is 0 Å². The Balaban J connectivity index is 1.41. The summed E-state index contributed by atoms with van der Waals surface area (Å²) in [5.74, 6) is 2.74. The molecule has 1 aliphatic heterocycles. The lowest BCUT2D eigenvalue weighted by Gasteiger charge is -2.15. The summed E-state index contributed by atoms with van der Waals surface area (Å²) in [6.07, 6.45) is 2.26. The second kappa shape index (κ2) is 9.76. The van der Waals surface area contributed by atoms with E-state index in [1.54, 1.807) is 18.9 Å². The Bertz CT molecular complexity index is 1190. The fourth-order valence-corrected chi connectivity index (χ4v) is 4.69. The highest BCUT2D eigenvalue weighted by Gasteiger charge is 2.25. The quantitative estimate of drug-likeness (QED) is 0.336. The molecule has 2 unspecified atom stereocenters. The number of methoxy groups -OCH3 is 1. The molecule has 0 bridgehead atoms. The second-order valence-corrected chi connectivity index (χ2v) is 9.17. The Labute approximate surface area is 196 Å². The molecular weight excluding hydrogens is 438 g/mol. The Hall–Kier alpha value is -3.17. The van der Waals surface area contributed by atoms with Gasteiger partial charge >= 0.3 is 0 Å². The van der Waals surface area contributed by atoms with E-state index >= 15 is 0 Å². The largest absolute Gasteiger partial charge is 0.497 e. The molecule has 0 aliphatic carbocycles. The van der Waals surface area contributed by atoms with Crippen molar-refractivity contribution in [2.75, 3.05) is 13.7 Å². The zero-order chi connectivity index (χ0) is 22.6. The molecule has 0 radical (unpaired) electrons. The van der Waals surface area contributed by atoms with Gasteiger partial charge in [-0.3, -0.25) is 4.57 Å². The van der Waals surface area contributed by atoms with Crippen LogP contribution in [-0.4, -0.2) is 44.7 Å². The normalized spacial score (nSPS) is 16.7. The number of hydrogen-bond donors (Lipinski definition) is 0. The van der Waals surface area contributed by atoms with Crippen molar-refractivity contribution in [3.05, 3.63) is 60.5 Å². The van der Waals surface area contributed by atoms with Crippen molar-refractivity contribution in [1.82, 2.24) is 24.9 Å². The second-order valence-electron chi connectivity index (χ2n) is 7.86. The maximum Gasteiger partial charge on any atom is 0.240 e. The van der Waals surface area contributed by atoms with Gasteiger partial charge in [0.15, 0.2) is 11.0 Å². The van der Waals surface area contributed by atoms with Crippen LogP contribution in [-0.2, 0) is 11.3 Å². The van der Waals surface area contributed by atoms with Crippen LogP contribution in [0.3, 0.4) is 0 Å². The van der Waals surface area contributed by atoms with Gasteiger partial charge in [0.05, 0.1) is 25.0 Å². The predicted molar refractivity (Wildman–Crippen MR) is 125 cm³/mol. The van der Waals surface area contributed by atoms with Crippen molar-refractivity contribution in [3.63, 3.8) is 0 Å². The summed E-state index contributed by atoms with van der Waals surface area (Å²) in [7, 11) is 1.66. The molecular formula is C24H25N5O3S. The van der Waals surface area contributed by atoms with Gasteiger partial charge < -0.3 is 14.0 Å². The van der Waals surface area contributed by atoms with Gasteiger partial charge in [-0.1, -0.05) is 47.3 Å². The van der Waals surface area contributed by atoms with Crippen LogP contribution in [0.25, 0.3) is 22.8 Å². The monoisotopic (exact) mass is 463 g/mol. The van der Waals surface area contributed by atoms with Gasteiger partial charge in [0.2, 0.25) is 11.7 Å². The van der Waals surface area contributed by atoms with Gasteiger partial charge in [-0.05, 0) is 44.0 Å². The summed E-state index contributed by atoms with van der Waals surface area (Å²) in [5.41, 5.74) is 1.90. The van der Waals surface area contributed by atoms with E-state index in [1.807, 2.05) is 61.5 Å². The molecule has 0 N–H and O–H groups in total. The SMILES string of the molecule is COc1ccc(-c2nnc(SC(C)c3nc(-c4ccccc4)no3)n2CC2CCCO2)cc1. The molecule has 4 aromatic rings. The summed E-state index contributed by atoms with van der Waals surface area (Å²) in [6.45, 7) is 3.53. The minimum Gasteiger partial charge on any atom is -0.497 e. The third-order valence-electron chi connectivity index (χ3n) is 5.58. The van der Waals surface area contributed by atoms with Crippen LogP contribution >= 0.6 is 11.8 Å². The highest BCUT2D eigenvalue weighted by Crippen LogP contribution is 2.36. The fraction of sp³-hybridized carbons (Fsp3) is 0.333. The van der Waals surface area contributed by atoms with Crippen molar-refractivity contribution >= 4 is 11.8 Å². The van der Waals surface area contributed by atoms with Crippen molar-refractivity contribution in [3.8, 4) is 28.5 Å². The molecule has 5 rings (SSSR count). The molecule has 1 fully saturated rings. The lowest BCUT2D eigenvalue weighted by molar-refractivity contribution is 0.0953. The van der Waals surface area contributed by atoms with Gasteiger partial charge in [-0.2, -0.15) is 4.98 Å². The maximum atomic E-state index is 5.90.